The van der Waals surface area contributed by atoms with Gasteiger partial charge >= 0.3 is 0 Å². The van der Waals surface area contributed by atoms with E-state index in [9.17, 15) is 0 Å². The van der Waals surface area contributed by atoms with Gasteiger partial charge in [0, 0.05) is 12.1 Å². The van der Waals surface area contributed by atoms with Crippen LogP contribution in [-0.4, -0.2) is 25.1 Å². The zero-order valence-corrected chi connectivity index (χ0v) is 12.5. The van der Waals surface area contributed by atoms with E-state index in [-0.39, 0.29) is 0 Å². The van der Waals surface area contributed by atoms with Gasteiger partial charge in [-0.05, 0) is 55.6 Å². The van der Waals surface area contributed by atoms with Crippen molar-refractivity contribution < 1.29 is 4.74 Å². The maximum Gasteiger partial charge on any atom is 0.173 e. The highest BCUT2D eigenvalue weighted by atomic mass is 16.5. The summed E-state index contributed by atoms with van der Waals surface area (Å²) < 4.78 is 5.42. The van der Waals surface area contributed by atoms with Gasteiger partial charge in [0.15, 0.2) is 5.75 Å². The Morgan fingerprint density at radius 1 is 1.14 bits per heavy atom. The zero-order chi connectivity index (χ0) is 14.5. The second-order valence-electron chi connectivity index (χ2n) is 5.63. The van der Waals surface area contributed by atoms with Crippen LogP contribution in [0.2, 0.25) is 0 Å². The van der Waals surface area contributed by atoms with Crippen LogP contribution in [0, 0.1) is 12.1 Å². The van der Waals surface area contributed by atoms with Crippen LogP contribution in [0.3, 0.4) is 0 Å². The van der Waals surface area contributed by atoms with Crippen LogP contribution in [0.4, 0.5) is 0 Å². The number of piperidine rings is 1. The molecule has 108 valence electrons. The Balaban J connectivity index is 1.60. The first-order valence-corrected chi connectivity index (χ1v) is 7.59. The number of likely N-dealkylation sites (tertiary alicyclic amines) is 1. The van der Waals surface area contributed by atoms with Crippen LogP contribution in [0.25, 0.3) is 0 Å². The molecule has 0 aromatic heterocycles. The predicted molar refractivity (Wildman–Crippen MR) is 84.4 cm³/mol. The van der Waals surface area contributed by atoms with Gasteiger partial charge in [0.25, 0.3) is 0 Å². The monoisotopic (exact) mass is 279 g/mol. The highest BCUT2D eigenvalue weighted by molar-refractivity contribution is 5.32. The third kappa shape index (κ3) is 3.37. The molecule has 1 saturated heterocycles. The largest absolute Gasteiger partial charge is 0.488 e. The summed E-state index contributed by atoms with van der Waals surface area (Å²) in [7, 11) is 1.72. The van der Waals surface area contributed by atoms with E-state index >= 15 is 0 Å². The van der Waals surface area contributed by atoms with Gasteiger partial charge in [-0.15, -0.1) is 0 Å². The van der Waals surface area contributed by atoms with Gasteiger partial charge in [-0.25, -0.2) is 0 Å². The third-order valence-electron chi connectivity index (χ3n) is 4.27. The van der Waals surface area contributed by atoms with Crippen LogP contribution in [0.1, 0.15) is 29.9 Å². The maximum absolute atomic E-state index is 5.42. The molecule has 0 unspecified atom stereocenters. The SMILES string of the molecule is COc1c#cccc1C1CCN(Cc2ccccc2)CC1. The summed E-state index contributed by atoms with van der Waals surface area (Å²) in [4.78, 5) is 2.54. The standard InChI is InChI=1S/C19H21NO/c1-21-19-10-6-5-9-18(19)17-11-13-20(14-12-17)15-16-7-3-2-4-8-16/h2-5,7-9,17H,11-15H2,1H3. The molecule has 0 amide bonds. The summed E-state index contributed by atoms with van der Waals surface area (Å²) in [6.45, 7) is 3.34. The average molecular weight is 279 g/mol. The minimum Gasteiger partial charge on any atom is -0.488 e. The molecule has 2 nitrogen and oxygen atoms in total. The summed E-state index contributed by atoms with van der Waals surface area (Å²) >= 11 is 0. The Morgan fingerprint density at radius 2 is 1.90 bits per heavy atom. The fourth-order valence-corrected chi connectivity index (χ4v) is 3.12. The lowest BCUT2D eigenvalue weighted by Crippen LogP contribution is -2.32. The average Bonchev–Trinajstić information content (AvgIpc) is 2.56. The summed E-state index contributed by atoms with van der Waals surface area (Å²) in [5.74, 6) is 1.44. The number of methoxy groups -OCH3 is 1. The Morgan fingerprint density at radius 3 is 2.62 bits per heavy atom. The molecule has 1 aliphatic heterocycles. The lowest BCUT2D eigenvalue weighted by molar-refractivity contribution is 0.203. The Labute approximate surface area is 127 Å². The van der Waals surface area contributed by atoms with Crippen molar-refractivity contribution in [2.24, 2.45) is 0 Å². The highest BCUT2D eigenvalue weighted by Gasteiger charge is 2.22. The van der Waals surface area contributed by atoms with Crippen LogP contribution in [0.5, 0.6) is 5.75 Å². The number of benzene rings is 1. The molecule has 0 atom stereocenters. The molecular formula is C19H21NO. The van der Waals surface area contributed by atoms with Crippen molar-refractivity contribution in [1.29, 1.82) is 0 Å². The van der Waals surface area contributed by atoms with Crippen molar-refractivity contribution in [2.45, 2.75) is 25.3 Å². The van der Waals surface area contributed by atoms with Crippen LogP contribution < -0.4 is 4.74 Å². The molecule has 2 aromatic carbocycles. The number of hydrogen-bond acceptors (Lipinski definition) is 2. The molecule has 2 aromatic rings. The first-order valence-electron chi connectivity index (χ1n) is 7.59. The highest BCUT2D eigenvalue weighted by Crippen LogP contribution is 2.33. The van der Waals surface area contributed by atoms with E-state index in [0.29, 0.717) is 5.92 Å². The van der Waals surface area contributed by atoms with Gasteiger partial charge in [-0.1, -0.05) is 36.4 Å². The van der Waals surface area contributed by atoms with E-state index < -0.39 is 0 Å². The Bertz CT molecular complexity index is 559. The lowest BCUT2D eigenvalue weighted by Gasteiger charge is -2.32. The van der Waals surface area contributed by atoms with Crippen LogP contribution in [0.15, 0.2) is 42.5 Å². The second kappa shape index (κ2) is 6.65. The molecule has 2 heteroatoms. The minimum atomic E-state index is 0.581. The molecule has 1 heterocycles. The van der Waals surface area contributed by atoms with Gasteiger partial charge in [0.1, 0.15) is 0 Å². The Kier molecular flexibility index (Phi) is 4.43. The van der Waals surface area contributed by atoms with Crippen molar-refractivity contribution in [1.82, 2.24) is 4.90 Å². The van der Waals surface area contributed by atoms with Gasteiger partial charge in [-0.2, -0.15) is 0 Å². The molecule has 0 saturated carbocycles. The van der Waals surface area contributed by atoms with E-state index in [1.165, 1.54) is 24.0 Å². The summed E-state index contributed by atoms with van der Waals surface area (Å²) in [6, 6.07) is 20.8. The van der Waals surface area contributed by atoms with E-state index in [1.54, 1.807) is 7.11 Å². The molecule has 0 radical (unpaired) electrons. The van der Waals surface area contributed by atoms with Gasteiger partial charge in [0.05, 0.1) is 7.11 Å². The molecule has 3 rings (SSSR count). The normalized spacial score (nSPS) is 16.4. The minimum absolute atomic E-state index is 0.581. The van der Waals surface area contributed by atoms with Crippen molar-refractivity contribution >= 4 is 0 Å². The predicted octanol–water partition coefficient (Wildman–Crippen LogP) is 3.68. The number of hydrogen-bond donors (Lipinski definition) is 0. The van der Waals surface area contributed by atoms with Gasteiger partial charge in [0.2, 0.25) is 0 Å². The molecule has 0 spiro atoms. The van der Waals surface area contributed by atoms with E-state index in [0.717, 1.165) is 25.4 Å². The fourth-order valence-electron chi connectivity index (χ4n) is 3.12. The molecule has 0 N–H and O–H groups in total. The van der Waals surface area contributed by atoms with Crippen molar-refractivity contribution in [3.63, 3.8) is 0 Å². The lowest BCUT2D eigenvalue weighted by atomic mass is 9.89. The summed E-state index contributed by atoms with van der Waals surface area (Å²) in [5.41, 5.74) is 2.69. The number of ether oxygens (including phenoxy) is 1. The zero-order valence-electron chi connectivity index (χ0n) is 12.5. The smallest absolute Gasteiger partial charge is 0.173 e. The molecule has 0 aliphatic carbocycles. The summed E-state index contributed by atoms with van der Waals surface area (Å²) in [6.07, 6.45) is 2.36. The van der Waals surface area contributed by atoms with Gasteiger partial charge in [-0.3, -0.25) is 4.90 Å². The molecular weight excluding hydrogens is 258 g/mol. The van der Waals surface area contributed by atoms with Crippen molar-refractivity contribution in [3.8, 4) is 5.75 Å². The first kappa shape index (κ1) is 14.0. The Hall–Kier alpha value is -1.98. The van der Waals surface area contributed by atoms with Crippen LogP contribution in [-0.2, 0) is 6.54 Å². The van der Waals surface area contributed by atoms with E-state index in [1.807, 2.05) is 6.07 Å². The maximum atomic E-state index is 5.42. The first-order chi connectivity index (χ1) is 10.4. The molecule has 1 fully saturated rings. The molecule has 1 aliphatic rings. The van der Waals surface area contributed by atoms with E-state index in [4.69, 9.17) is 4.74 Å². The van der Waals surface area contributed by atoms with Crippen LogP contribution >= 0.6 is 0 Å². The topological polar surface area (TPSA) is 12.5 Å². The van der Waals surface area contributed by atoms with E-state index in [2.05, 4.69) is 53.4 Å². The third-order valence-corrected chi connectivity index (χ3v) is 4.27. The second-order valence-corrected chi connectivity index (χ2v) is 5.63. The van der Waals surface area contributed by atoms with Crippen molar-refractivity contribution in [2.75, 3.05) is 20.2 Å². The summed E-state index contributed by atoms with van der Waals surface area (Å²) in [5, 5.41) is 0. The quantitative estimate of drug-likeness (QED) is 0.846. The number of nitrogens with zero attached hydrogens (tertiary/aromatic N) is 1. The molecule has 21 heavy (non-hydrogen) atoms. The number of rotatable bonds is 4. The van der Waals surface area contributed by atoms with Crippen molar-refractivity contribution in [3.05, 3.63) is 65.7 Å². The fraction of sp³-hybridized carbons (Fsp3) is 0.368. The molecule has 0 bridgehead atoms. The van der Waals surface area contributed by atoms with Gasteiger partial charge < -0.3 is 4.74 Å².